The molecule has 3 aromatic rings. The van der Waals surface area contributed by atoms with E-state index >= 15 is 0 Å². The van der Waals surface area contributed by atoms with Crippen molar-refractivity contribution in [1.29, 1.82) is 0 Å². The summed E-state index contributed by atoms with van der Waals surface area (Å²) in [5.74, 6) is -0.381. The van der Waals surface area contributed by atoms with Crippen molar-refractivity contribution in [3.05, 3.63) is 52.8 Å². The number of thiazole rings is 1. The van der Waals surface area contributed by atoms with Crippen LogP contribution in [0.1, 0.15) is 30.1 Å². The maximum atomic E-state index is 12.8. The maximum Gasteiger partial charge on any atom is 0.279 e. The molecular formula is C21H23N3O3S3. The Labute approximate surface area is 184 Å². The first-order valence-corrected chi connectivity index (χ1v) is 13.2. The van der Waals surface area contributed by atoms with Gasteiger partial charge in [0.05, 0.1) is 15.1 Å². The average molecular weight is 462 g/mol. The summed E-state index contributed by atoms with van der Waals surface area (Å²) in [7, 11) is -1.92. The lowest BCUT2D eigenvalue weighted by molar-refractivity contribution is 0.0997. The molecule has 0 unspecified atom stereocenters. The minimum Gasteiger partial charge on any atom is -0.317 e. The van der Waals surface area contributed by atoms with Crippen molar-refractivity contribution in [3.63, 3.8) is 0 Å². The third-order valence-electron chi connectivity index (χ3n) is 5.24. The van der Waals surface area contributed by atoms with Crippen LogP contribution >= 0.6 is 23.1 Å². The molecule has 1 aliphatic carbocycles. The van der Waals surface area contributed by atoms with Crippen LogP contribution in [0.25, 0.3) is 10.2 Å². The largest absolute Gasteiger partial charge is 0.317 e. The number of fused-ring (bicyclic) bond motifs is 1. The van der Waals surface area contributed by atoms with E-state index in [0.717, 1.165) is 28.0 Å². The van der Waals surface area contributed by atoms with Crippen LogP contribution in [0.5, 0.6) is 0 Å². The number of aryl methyl sites for hydroxylation is 1. The van der Waals surface area contributed by atoms with Gasteiger partial charge in [-0.15, -0.1) is 11.8 Å². The predicted molar refractivity (Wildman–Crippen MR) is 122 cm³/mol. The van der Waals surface area contributed by atoms with Crippen LogP contribution in [-0.2, 0) is 16.6 Å². The summed E-state index contributed by atoms with van der Waals surface area (Å²) in [6.45, 7) is 2.73. The number of hydrogen-bond donors (Lipinski definition) is 0. The van der Waals surface area contributed by atoms with Gasteiger partial charge in [-0.05, 0) is 68.5 Å². The third-order valence-corrected chi connectivity index (χ3v) is 8.93. The van der Waals surface area contributed by atoms with E-state index in [4.69, 9.17) is 0 Å². The Kier molecular flexibility index (Phi) is 5.89. The predicted octanol–water partition coefficient (Wildman–Crippen LogP) is 3.97. The quantitative estimate of drug-likeness (QED) is 0.521. The molecule has 1 fully saturated rings. The number of carbonyl (C=O) groups is 1. The van der Waals surface area contributed by atoms with E-state index in [1.165, 1.54) is 39.9 Å². The van der Waals surface area contributed by atoms with Gasteiger partial charge in [-0.3, -0.25) is 4.79 Å². The molecule has 0 saturated heterocycles. The highest BCUT2D eigenvalue weighted by molar-refractivity contribution is 7.98. The molecular weight excluding hydrogens is 438 g/mol. The van der Waals surface area contributed by atoms with Crippen LogP contribution in [0, 0.1) is 0 Å². The van der Waals surface area contributed by atoms with Gasteiger partial charge in [0.1, 0.15) is 0 Å². The van der Waals surface area contributed by atoms with Gasteiger partial charge in [0, 0.05) is 30.1 Å². The number of sulfonamides is 1. The number of nitrogens with zero attached hydrogens (tertiary/aromatic N) is 3. The molecule has 0 spiro atoms. The van der Waals surface area contributed by atoms with E-state index in [-0.39, 0.29) is 16.8 Å². The standard InChI is InChI=1S/C21H23N3O3S3/c1-4-24-18-12-9-16(28-3)13-19(18)29-21(24)22-20(25)14-5-10-17(11-6-14)30(26,27)23(2)15-7-8-15/h5-6,9-13,15H,4,7-8H2,1-3H3. The highest BCUT2D eigenvalue weighted by Crippen LogP contribution is 2.30. The summed E-state index contributed by atoms with van der Waals surface area (Å²) in [5, 5.41) is 0. The van der Waals surface area contributed by atoms with Crippen molar-refractivity contribution in [1.82, 2.24) is 8.87 Å². The minimum absolute atomic E-state index is 0.0929. The molecule has 30 heavy (non-hydrogen) atoms. The third kappa shape index (κ3) is 3.99. The monoisotopic (exact) mass is 461 g/mol. The molecule has 6 nitrogen and oxygen atoms in total. The molecule has 2 aromatic carbocycles. The molecule has 0 bridgehead atoms. The van der Waals surface area contributed by atoms with Crippen molar-refractivity contribution >= 4 is 49.2 Å². The second kappa shape index (κ2) is 8.30. The fourth-order valence-corrected chi connectivity index (χ4v) is 6.35. The van der Waals surface area contributed by atoms with E-state index in [1.807, 2.05) is 17.7 Å². The zero-order valence-corrected chi connectivity index (χ0v) is 19.5. The number of hydrogen-bond acceptors (Lipinski definition) is 5. The second-order valence-electron chi connectivity index (χ2n) is 7.16. The van der Waals surface area contributed by atoms with Gasteiger partial charge in [-0.1, -0.05) is 11.3 Å². The van der Waals surface area contributed by atoms with E-state index in [2.05, 4.69) is 23.2 Å². The van der Waals surface area contributed by atoms with E-state index in [1.54, 1.807) is 18.8 Å². The Morgan fingerprint density at radius 1 is 1.23 bits per heavy atom. The molecule has 0 N–H and O–H groups in total. The number of rotatable bonds is 6. The van der Waals surface area contributed by atoms with Crippen LogP contribution in [0.4, 0.5) is 0 Å². The first-order chi connectivity index (χ1) is 14.3. The normalized spacial score (nSPS) is 15.3. The molecule has 0 aliphatic heterocycles. The molecule has 0 radical (unpaired) electrons. The fourth-order valence-electron chi connectivity index (χ4n) is 3.29. The van der Waals surface area contributed by atoms with Crippen molar-refractivity contribution in [2.75, 3.05) is 13.3 Å². The molecule has 4 rings (SSSR count). The van der Waals surface area contributed by atoms with Crippen LogP contribution in [0.15, 0.2) is 57.2 Å². The first-order valence-electron chi connectivity index (χ1n) is 9.69. The van der Waals surface area contributed by atoms with E-state index < -0.39 is 10.0 Å². The zero-order valence-electron chi connectivity index (χ0n) is 17.0. The lowest BCUT2D eigenvalue weighted by Gasteiger charge is -2.16. The maximum absolute atomic E-state index is 12.8. The summed E-state index contributed by atoms with van der Waals surface area (Å²) >= 11 is 3.16. The molecule has 1 heterocycles. The summed E-state index contributed by atoms with van der Waals surface area (Å²) in [4.78, 5) is 19.1. The average Bonchev–Trinajstić information content (AvgIpc) is 3.54. The molecule has 0 atom stereocenters. The second-order valence-corrected chi connectivity index (χ2v) is 11.0. The summed E-state index contributed by atoms with van der Waals surface area (Å²) in [5.41, 5.74) is 1.42. The number of amides is 1. The van der Waals surface area contributed by atoms with Crippen molar-refractivity contribution < 1.29 is 13.2 Å². The Hall–Kier alpha value is -1.94. The van der Waals surface area contributed by atoms with Gasteiger partial charge in [0.15, 0.2) is 4.80 Å². The number of aromatic nitrogens is 1. The number of thioether (sulfide) groups is 1. The highest BCUT2D eigenvalue weighted by Gasteiger charge is 2.35. The Morgan fingerprint density at radius 2 is 1.93 bits per heavy atom. The van der Waals surface area contributed by atoms with E-state index in [0.29, 0.717) is 16.9 Å². The van der Waals surface area contributed by atoms with Gasteiger partial charge in [0.2, 0.25) is 10.0 Å². The summed E-state index contributed by atoms with van der Waals surface area (Å²) in [6, 6.07) is 12.4. The lowest BCUT2D eigenvalue weighted by atomic mass is 10.2. The van der Waals surface area contributed by atoms with Gasteiger partial charge < -0.3 is 4.57 Å². The smallest absolute Gasteiger partial charge is 0.279 e. The molecule has 1 amide bonds. The fraction of sp³-hybridized carbons (Fsp3) is 0.333. The molecule has 1 aliphatic rings. The SMILES string of the molecule is CCn1c(=NC(=O)c2ccc(S(=O)(=O)N(C)C3CC3)cc2)sc2cc(SC)ccc21. The minimum atomic E-state index is -3.52. The van der Waals surface area contributed by atoms with Crippen molar-refractivity contribution in [2.45, 2.75) is 42.1 Å². The topological polar surface area (TPSA) is 71.7 Å². The number of carbonyl (C=O) groups excluding carboxylic acids is 1. The van der Waals surface area contributed by atoms with Gasteiger partial charge in [-0.2, -0.15) is 9.30 Å². The first kappa shape index (κ1) is 21.3. The molecule has 1 aromatic heterocycles. The van der Waals surface area contributed by atoms with Gasteiger partial charge >= 0.3 is 0 Å². The van der Waals surface area contributed by atoms with E-state index in [9.17, 15) is 13.2 Å². The molecule has 158 valence electrons. The van der Waals surface area contributed by atoms with Crippen LogP contribution in [0.3, 0.4) is 0 Å². The summed E-state index contributed by atoms with van der Waals surface area (Å²) < 4.78 is 29.8. The van der Waals surface area contributed by atoms with Gasteiger partial charge in [-0.25, -0.2) is 8.42 Å². The van der Waals surface area contributed by atoms with Crippen molar-refractivity contribution in [3.8, 4) is 0 Å². The van der Waals surface area contributed by atoms with Crippen LogP contribution in [0.2, 0.25) is 0 Å². The van der Waals surface area contributed by atoms with Crippen LogP contribution < -0.4 is 4.80 Å². The van der Waals surface area contributed by atoms with Gasteiger partial charge in [0.25, 0.3) is 5.91 Å². The molecule has 9 heteroatoms. The zero-order chi connectivity index (χ0) is 21.5. The summed E-state index contributed by atoms with van der Waals surface area (Å²) in [6.07, 6.45) is 3.83. The Bertz CT molecular complexity index is 1270. The number of benzene rings is 2. The van der Waals surface area contributed by atoms with Crippen LogP contribution in [-0.4, -0.2) is 42.5 Å². The Morgan fingerprint density at radius 3 is 2.53 bits per heavy atom. The van der Waals surface area contributed by atoms with Crippen molar-refractivity contribution in [2.24, 2.45) is 4.99 Å². The lowest BCUT2D eigenvalue weighted by Crippen LogP contribution is -2.28. The Balaban J connectivity index is 1.66. The highest BCUT2D eigenvalue weighted by atomic mass is 32.2. The molecule has 1 saturated carbocycles.